The number of carbonyl (C=O) groups excluding carboxylic acids is 1. The Morgan fingerprint density at radius 2 is 2.10 bits per heavy atom. The minimum absolute atomic E-state index is 0.168. The Balaban J connectivity index is 2.78. The Morgan fingerprint density at radius 1 is 1.43 bits per heavy atom. The van der Waals surface area contributed by atoms with Gasteiger partial charge >= 0.3 is 0 Å². The molecule has 5 heteroatoms. The lowest BCUT2D eigenvalue weighted by atomic mass is 10.0. The quantitative estimate of drug-likeness (QED) is 0.820. The molecule has 0 aliphatic rings. The summed E-state index contributed by atoms with van der Waals surface area (Å²) in [6, 6.07) is 4.24. The fourth-order valence-electron chi connectivity index (χ4n) is 1.46. The number of amides is 1. The number of carbonyl (C=O) groups is 1. The van der Waals surface area contributed by atoms with Gasteiger partial charge in [0.2, 0.25) is 0 Å². The highest BCUT2D eigenvalue weighted by Crippen LogP contribution is 2.11. The number of nitrogens with zero attached hydrogens (tertiary/aromatic N) is 1. The first-order valence-electron chi connectivity index (χ1n) is 6.72. The van der Waals surface area contributed by atoms with Crippen LogP contribution in [0.15, 0.2) is 18.2 Å². The van der Waals surface area contributed by atoms with E-state index in [9.17, 15) is 9.18 Å². The second kappa shape index (κ2) is 7.21. The standard InChI is InChI=1S/C16H22FN3O/c1-16(2,20(3)4)11-19-15(21)13-8-7-12(6-5-9-18)14(17)10-13/h7-8,10H,9,11,18H2,1-4H3,(H,19,21). The molecular weight excluding hydrogens is 269 g/mol. The molecule has 1 aromatic rings. The van der Waals surface area contributed by atoms with Crippen molar-refractivity contribution in [1.82, 2.24) is 10.2 Å². The summed E-state index contributed by atoms with van der Waals surface area (Å²) >= 11 is 0. The third-order valence-corrected chi connectivity index (χ3v) is 3.45. The second-order valence-corrected chi connectivity index (χ2v) is 5.59. The monoisotopic (exact) mass is 291 g/mol. The molecule has 0 unspecified atom stereocenters. The Morgan fingerprint density at radius 3 is 2.62 bits per heavy atom. The third-order valence-electron chi connectivity index (χ3n) is 3.45. The van der Waals surface area contributed by atoms with E-state index in [-0.39, 0.29) is 29.1 Å². The van der Waals surface area contributed by atoms with E-state index in [0.29, 0.717) is 6.54 Å². The molecular formula is C16H22FN3O. The van der Waals surface area contributed by atoms with Crippen molar-refractivity contribution in [2.24, 2.45) is 5.73 Å². The predicted molar refractivity (Wildman–Crippen MR) is 82.4 cm³/mol. The number of nitrogens with two attached hydrogens (primary N) is 1. The molecule has 0 saturated carbocycles. The zero-order valence-corrected chi connectivity index (χ0v) is 13.0. The van der Waals surface area contributed by atoms with E-state index in [1.807, 2.05) is 32.8 Å². The smallest absolute Gasteiger partial charge is 0.251 e. The maximum Gasteiger partial charge on any atom is 0.251 e. The molecule has 1 amide bonds. The number of likely N-dealkylation sites (N-methyl/N-ethyl adjacent to an activating group) is 1. The van der Waals surface area contributed by atoms with Crippen LogP contribution in [0.2, 0.25) is 0 Å². The van der Waals surface area contributed by atoms with E-state index in [1.54, 1.807) is 6.07 Å². The number of nitrogens with one attached hydrogen (secondary N) is 1. The van der Waals surface area contributed by atoms with Crippen molar-refractivity contribution in [3.63, 3.8) is 0 Å². The fraction of sp³-hybridized carbons (Fsp3) is 0.438. The van der Waals surface area contributed by atoms with E-state index in [4.69, 9.17) is 5.73 Å². The average Bonchev–Trinajstić information content (AvgIpc) is 2.43. The zero-order chi connectivity index (χ0) is 16.0. The highest BCUT2D eigenvalue weighted by atomic mass is 19.1. The number of halogens is 1. The fourth-order valence-corrected chi connectivity index (χ4v) is 1.46. The number of benzene rings is 1. The van der Waals surface area contributed by atoms with Crippen LogP contribution in [0.4, 0.5) is 4.39 Å². The predicted octanol–water partition coefficient (Wildman–Crippen LogP) is 1.21. The zero-order valence-electron chi connectivity index (χ0n) is 13.0. The molecule has 3 N–H and O–H groups in total. The summed E-state index contributed by atoms with van der Waals surface area (Å²) in [5, 5.41) is 2.81. The van der Waals surface area contributed by atoms with Gasteiger partial charge in [-0.1, -0.05) is 11.8 Å². The Kier molecular flexibility index (Phi) is 5.89. The lowest BCUT2D eigenvalue weighted by molar-refractivity contribution is 0.0919. The summed E-state index contributed by atoms with van der Waals surface area (Å²) in [5.74, 6) is 4.38. The third kappa shape index (κ3) is 4.85. The molecule has 0 saturated heterocycles. The molecule has 0 aliphatic carbocycles. The Hall–Kier alpha value is -1.90. The SMILES string of the molecule is CN(C)C(C)(C)CNC(=O)c1ccc(C#CCN)c(F)c1. The van der Waals surface area contributed by atoms with Gasteiger partial charge in [0.15, 0.2) is 0 Å². The molecule has 21 heavy (non-hydrogen) atoms. The van der Waals surface area contributed by atoms with E-state index in [2.05, 4.69) is 17.2 Å². The highest BCUT2D eigenvalue weighted by molar-refractivity contribution is 5.94. The summed E-state index contributed by atoms with van der Waals surface area (Å²) in [6.45, 7) is 4.66. The first-order valence-corrected chi connectivity index (χ1v) is 6.72. The van der Waals surface area contributed by atoms with Gasteiger partial charge in [0.1, 0.15) is 5.82 Å². The van der Waals surface area contributed by atoms with Gasteiger partial charge in [0, 0.05) is 17.6 Å². The minimum atomic E-state index is -0.518. The van der Waals surface area contributed by atoms with Crippen molar-refractivity contribution >= 4 is 5.91 Å². The number of hydrogen-bond donors (Lipinski definition) is 2. The van der Waals surface area contributed by atoms with Crippen LogP contribution in [0.1, 0.15) is 29.8 Å². The Labute approximate surface area is 125 Å². The first kappa shape index (κ1) is 17.2. The van der Waals surface area contributed by atoms with Crippen LogP contribution in [0.3, 0.4) is 0 Å². The highest BCUT2D eigenvalue weighted by Gasteiger charge is 2.21. The summed E-state index contributed by atoms with van der Waals surface area (Å²) in [4.78, 5) is 14.1. The molecule has 0 aromatic heterocycles. The number of rotatable bonds is 4. The van der Waals surface area contributed by atoms with Crippen LogP contribution >= 0.6 is 0 Å². The maximum atomic E-state index is 13.8. The van der Waals surface area contributed by atoms with Crippen LogP contribution in [0.25, 0.3) is 0 Å². The van der Waals surface area contributed by atoms with Crippen molar-refractivity contribution in [3.8, 4) is 11.8 Å². The summed E-state index contributed by atoms with van der Waals surface area (Å²) < 4.78 is 13.8. The number of hydrogen-bond acceptors (Lipinski definition) is 3. The molecule has 114 valence electrons. The van der Waals surface area contributed by atoms with Crippen LogP contribution in [-0.4, -0.2) is 43.5 Å². The van der Waals surface area contributed by atoms with Crippen molar-refractivity contribution in [2.75, 3.05) is 27.2 Å². The normalized spacial score (nSPS) is 11.0. The summed E-state index contributed by atoms with van der Waals surface area (Å²) in [7, 11) is 3.88. The lowest BCUT2D eigenvalue weighted by Crippen LogP contribution is -2.48. The summed E-state index contributed by atoms with van der Waals surface area (Å²) in [5.41, 5.74) is 5.58. The molecule has 0 bridgehead atoms. The van der Waals surface area contributed by atoms with Crippen LogP contribution in [0, 0.1) is 17.7 Å². The molecule has 0 fully saturated rings. The molecule has 0 atom stereocenters. The van der Waals surface area contributed by atoms with E-state index in [0.717, 1.165) is 0 Å². The second-order valence-electron chi connectivity index (χ2n) is 5.59. The molecule has 0 spiro atoms. The van der Waals surface area contributed by atoms with Crippen molar-refractivity contribution in [3.05, 3.63) is 35.1 Å². The van der Waals surface area contributed by atoms with Gasteiger partial charge < -0.3 is 16.0 Å². The van der Waals surface area contributed by atoms with E-state index < -0.39 is 5.82 Å². The van der Waals surface area contributed by atoms with Crippen LogP contribution < -0.4 is 11.1 Å². The molecule has 0 heterocycles. The van der Waals surface area contributed by atoms with Crippen LogP contribution in [0.5, 0.6) is 0 Å². The van der Waals surface area contributed by atoms with Gasteiger partial charge in [0.05, 0.1) is 12.1 Å². The van der Waals surface area contributed by atoms with Crippen molar-refractivity contribution in [2.45, 2.75) is 19.4 Å². The van der Waals surface area contributed by atoms with E-state index >= 15 is 0 Å². The van der Waals surface area contributed by atoms with Gasteiger partial charge in [-0.05, 0) is 46.1 Å². The summed E-state index contributed by atoms with van der Waals surface area (Å²) in [6.07, 6.45) is 0. The van der Waals surface area contributed by atoms with Gasteiger partial charge in [-0.15, -0.1) is 0 Å². The van der Waals surface area contributed by atoms with Gasteiger partial charge in [-0.3, -0.25) is 4.79 Å². The van der Waals surface area contributed by atoms with Gasteiger partial charge in [0.25, 0.3) is 5.91 Å². The first-order chi connectivity index (χ1) is 9.77. The molecule has 1 aromatic carbocycles. The van der Waals surface area contributed by atoms with Crippen molar-refractivity contribution in [1.29, 1.82) is 0 Å². The average molecular weight is 291 g/mol. The van der Waals surface area contributed by atoms with E-state index in [1.165, 1.54) is 12.1 Å². The molecule has 4 nitrogen and oxygen atoms in total. The minimum Gasteiger partial charge on any atom is -0.350 e. The lowest BCUT2D eigenvalue weighted by Gasteiger charge is -2.32. The van der Waals surface area contributed by atoms with Gasteiger partial charge in [-0.25, -0.2) is 4.39 Å². The largest absolute Gasteiger partial charge is 0.350 e. The topological polar surface area (TPSA) is 58.4 Å². The molecule has 0 aliphatic heterocycles. The maximum absolute atomic E-state index is 13.8. The molecule has 0 radical (unpaired) electrons. The van der Waals surface area contributed by atoms with Crippen LogP contribution in [-0.2, 0) is 0 Å². The Bertz CT molecular complexity index is 571. The van der Waals surface area contributed by atoms with Crippen molar-refractivity contribution < 1.29 is 9.18 Å². The van der Waals surface area contributed by atoms with Gasteiger partial charge in [-0.2, -0.15) is 0 Å². The molecule has 1 rings (SSSR count).